The smallest absolute Gasteiger partial charge is 0.257 e. The molecule has 0 bridgehead atoms. The van der Waals surface area contributed by atoms with E-state index in [1.807, 2.05) is 0 Å². The van der Waals surface area contributed by atoms with Crippen LogP contribution in [0.2, 0.25) is 0 Å². The van der Waals surface area contributed by atoms with Crippen LogP contribution in [0.5, 0.6) is 0 Å². The fourth-order valence-electron chi connectivity index (χ4n) is 1.62. The molecule has 16 heavy (non-hydrogen) atoms. The largest absolute Gasteiger partial charge is 0.332 e. The van der Waals surface area contributed by atoms with Crippen molar-refractivity contribution in [3.8, 4) is 0 Å². The van der Waals surface area contributed by atoms with Gasteiger partial charge < -0.3 is 4.98 Å². The predicted octanol–water partition coefficient (Wildman–Crippen LogP) is 1.19. The maximum atomic E-state index is 11.7. The van der Waals surface area contributed by atoms with Gasteiger partial charge in [-0.25, -0.2) is 18.1 Å². The Morgan fingerprint density at radius 1 is 1.56 bits per heavy atom. The van der Waals surface area contributed by atoms with E-state index in [1.165, 1.54) is 19.0 Å². The quantitative estimate of drug-likeness (QED) is 0.737. The van der Waals surface area contributed by atoms with Gasteiger partial charge in [0.15, 0.2) is 5.03 Å². The summed E-state index contributed by atoms with van der Waals surface area (Å²) in [4.78, 5) is 6.59. The average Bonchev–Trinajstić information content (AvgIpc) is 2.94. The van der Waals surface area contributed by atoms with Crippen LogP contribution >= 0.6 is 0 Å². The number of H-pyrrole nitrogens is 1. The standard InChI is InChI=1S/C10H17N3O2S/c1-8-11-7-10(13-8)16(14,15)12-6-2-3-9-4-5-9/h7,9,12H,2-6H2,1H3,(H,11,13). The lowest BCUT2D eigenvalue weighted by Crippen LogP contribution is -2.25. The number of rotatable bonds is 6. The van der Waals surface area contributed by atoms with Crippen LogP contribution in [-0.4, -0.2) is 24.9 Å². The van der Waals surface area contributed by atoms with Gasteiger partial charge in [0.05, 0.1) is 6.20 Å². The summed E-state index contributed by atoms with van der Waals surface area (Å²) in [5, 5.41) is 0.149. The van der Waals surface area contributed by atoms with Crippen molar-refractivity contribution in [2.75, 3.05) is 6.54 Å². The minimum atomic E-state index is -3.39. The van der Waals surface area contributed by atoms with E-state index in [1.54, 1.807) is 6.92 Å². The zero-order chi connectivity index (χ0) is 11.6. The average molecular weight is 243 g/mol. The maximum absolute atomic E-state index is 11.7. The Morgan fingerprint density at radius 3 is 2.88 bits per heavy atom. The minimum Gasteiger partial charge on any atom is -0.332 e. The fraction of sp³-hybridized carbons (Fsp3) is 0.700. The van der Waals surface area contributed by atoms with Crippen LogP contribution in [0.3, 0.4) is 0 Å². The number of aromatic amines is 1. The van der Waals surface area contributed by atoms with Crippen molar-refractivity contribution in [2.24, 2.45) is 5.92 Å². The van der Waals surface area contributed by atoms with Crippen LogP contribution < -0.4 is 4.72 Å². The van der Waals surface area contributed by atoms with Gasteiger partial charge in [0.25, 0.3) is 10.0 Å². The van der Waals surface area contributed by atoms with Gasteiger partial charge in [-0.1, -0.05) is 12.8 Å². The van der Waals surface area contributed by atoms with Gasteiger partial charge in [-0.2, -0.15) is 0 Å². The first kappa shape index (κ1) is 11.6. The fourth-order valence-corrected chi connectivity index (χ4v) is 2.66. The molecule has 1 aliphatic rings. The molecule has 1 saturated carbocycles. The summed E-state index contributed by atoms with van der Waals surface area (Å²) in [5.41, 5.74) is 0. The Labute approximate surface area is 95.7 Å². The predicted molar refractivity (Wildman–Crippen MR) is 60.5 cm³/mol. The molecule has 90 valence electrons. The van der Waals surface area contributed by atoms with Crippen LogP contribution in [0.1, 0.15) is 31.5 Å². The van der Waals surface area contributed by atoms with Gasteiger partial charge in [0.2, 0.25) is 0 Å². The van der Waals surface area contributed by atoms with E-state index in [2.05, 4.69) is 14.7 Å². The van der Waals surface area contributed by atoms with Gasteiger partial charge >= 0.3 is 0 Å². The number of hydrogen-bond donors (Lipinski definition) is 2. The van der Waals surface area contributed by atoms with Gasteiger partial charge in [-0.3, -0.25) is 0 Å². The molecule has 0 unspecified atom stereocenters. The Kier molecular flexibility index (Phi) is 3.30. The monoisotopic (exact) mass is 243 g/mol. The molecule has 0 saturated heterocycles. The van der Waals surface area contributed by atoms with Crippen molar-refractivity contribution in [2.45, 2.75) is 37.6 Å². The molecule has 2 N–H and O–H groups in total. The summed E-state index contributed by atoms with van der Waals surface area (Å²) >= 11 is 0. The summed E-state index contributed by atoms with van der Waals surface area (Å²) in [6, 6.07) is 0. The molecule has 1 aromatic rings. The van der Waals surface area contributed by atoms with E-state index in [0.717, 1.165) is 18.8 Å². The van der Waals surface area contributed by atoms with Crippen molar-refractivity contribution >= 4 is 10.0 Å². The lowest BCUT2D eigenvalue weighted by atomic mass is 10.2. The molecule has 0 spiro atoms. The molecule has 1 fully saturated rings. The lowest BCUT2D eigenvalue weighted by Gasteiger charge is -2.03. The molecule has 0 amide bonds. The Balaban J connectivity index is 1.82. The number of nitrogens with one attached hydrogen (secondary N) is 2. The number of aromatic nitrogens is 2. The third-order valence-corrected chi connectivity index (χ3v) is 4.12. The van der Waals surface area contributed by atoms with Gasteiger partial charge in [0.1, 0.15) is 5.82 Å². The van der Waals surface area contributed by atoms with Crippen LogP contribution in [0, 0.1) is 12.8 Å². The van der Waals surface area contributed by atoms with Crippen molar-refractivity contribution in [1.29, 1.82) is 0 Å². The summed E-state index contributed by atoms with van der Waals surface area (Å²) < 4.78 is 26.0. The highest BCUT2D eigenvalue weighted by atomic mass is 32.2. The van der Waals surface area contributed by atoms with Crippen LogP contribution in [0.4, 0.5) is 0 Å². The van der Waals surface area contributed by atoms with Crippen molar-refractivity contribution in [3.05, 3.63) is 12.0 Å². The Bertz CT molecular complexity index is 448. The SMILES string of the molecule is Cc1ncc(S(=O)(=O)NCCCC2CC2)[nH]1. The molecule has 6 heteroatoms. The molecular formula is C10H17N3O2S. The normalized spacial score (nSPS) is 16.6. The van der Waals surface area contributed by atoms with Crippen LogP contribution in [0.25, 0.3) is 0 Å². The van der Waals surface area contributed by atoms with E-state index in [-0.39, 0.29) is 5.03 Å². The first-order valence-corrected chi connectivity index (χ1v) is 7.07. The van der Waals surface area contributed by atoms with Gasteiger partial charge in [-0.05, 0) is 25.7 Å². The number of sulfonamides is 1. The van der Waals surface area contributed by atoms with E-state index in [0.29, 0.717) is 12.4 Å². The summed E-state index contributed by atoms with van der Waals surface area (Å²) in [6.07, 6.45) is 6.01. The molecule has 1 heterocycles. The molecule has 1 aromatic heterocycles. The minimum absolute atomic E-state index is 0.149. The molecule has 0 aromatic carbocycles. The molecule has 0 atom stereocenters. The zero-order valence-electron chi connectivity index (χ0n) is 9.36. The maximum Gasteiger partial charge on any atom is 0.257 e. The third kappa shape index (κ3) is 3.05. The summed E-state index contributed by atoms with van der Waals surface area (Å²) in [6.45, 7) is 2.24. The van der Waals surface area contributed by atoms with E-state index in [4.69, 9.17) is 0 Å². The van der Waals surface area contributed by atoms with Crippen LogP contribution in [0.15, 0.2) is 11.2 Å². The highest BCUT2D eigenvalue weighted by molar-refractivity contribution is 7.89. The Hall–Kier alpha value is -0.880. The first-order chi connectivity index (χ1) is 7.58. The second kappa shape index (κ2) is 4.55. The summed E-state index contributed by atoms with van der Waals surface area (Å²) in [5.74, 6) is 1.46. The van der Waals surface area contributed by atoms with Crippen molar-refractivity contribution in [1.82, 2.24) is 14.7 Å². The topological polar surface area (TPSA) is 74.8 Å². The van der Waals surface area contributed by atoms with Crippen molar-refractivity contribution < 1.29 is 8.42 Å². The number of hydrogen-bond acceptors (Lipinski definition) is 3. The number of imidazole rings is 1. The second-order valence-corrected chi connectivity index (χ2v) is 6.05. The zero-order valence-corrected chi connectivity index (χ0v) is 10.2. The molecule has 2 rings (SSSR count). The molecule has 0 aliphatic heterocycles. The second-order valence-electron chi connectivity index (χ2n) is 4.32. The van der Waals surface area contributed by atoms with Crippen molar-refractivity contribution in [3.63, 3.8) is 0 Å². The summed E-state index contributed by atoms with van der Waals surface area (Å²) in [7, 11) is -3.39. The van der Waals surface area contributed by atoms with Gasteiger partial charge in [-0.15, -0.1) is 0 Å². The molecule has 0 radical (unpaired) electrons. The highest BCUT2D eigenvalue weighted by Crippen LogP contribution is 2.33. The van der Waals surface area contributed by atoms with Crippen LogP contribution in [-0.2, 0) is 10.0 Å². The van der Waals surface area contributed by atoms with Gasteiger partial charge in [0, 0.05) is 6.54 Å². The lowest BCUT2D eigenvalue weighted by molar-refractivity contribution is 0.569. The van der Waals surface area contributed by atoms with E-state index >= 15 is 0 Å². The number of nitrogens with zero attached hydrogens (tertiary/aromatic N) is 1. The molecule has 1 aliphatic carbocycles. The van der Waals surface area contributed by atoms with E-state index < -0.39 is 10.0 Å². The highest BCUT2D eigenvalue weighted by Gasteiger charge is 2.21. The van der Waals surface area contributed by atoms with E-state index in [9.17, 15) is 8.42 Å². The molecule has 5 nitrogen and oxygen atoms in total. The number of aryl methyl sites for hydroxylation is 1. The Morgan fingerprint density at radius 2 is 2.31 bits per heavy atom. The molecular weight excluding hydrogens is 226 g/mol. The first-order valence-electron chi connectivity index (χ1n) is 5.59. The third-order valence-electron chi connectivity index (χ3n) is 2.75.